The summed E-state index contributed by atoms with van der Waals surface area (Å²) in [5.41, 5.74) is -0.405. The van der Waals surface area contributed by atoms with Crippen LogP contribution in [0.3, 0.4) is 0 Å². The molecular formula is C17H22BF2N3O4. The molecule has 1 saturated heterocycles. The highest BCUT2D eigenvalue weighted by Crippen LogP contribution is 2.29. The van der Waals surface area contributed by atoms with E-state index in [1.165, 1.54) is 21.7 Å². The fourth-order valence-corrected chi connectivity index (χ4v) is 3.24. The lowest BCUT2D eigenvalue weighted by molar-refractivity contribution is 0.00616. The van der Waals surface area contributed by atoms with E-state index in [4.69, 9.17) is 4.74 Å². The van der Waals surface area contributed by atoms with E-state index < -0.39 is 36.8 Å². The zero-order chi connectivity index (χ0) is 19.9. The highest BCUT2D eigenvalue weighted by molar-refractivity contribution is 6.60. The molecule has 2 atom stereocenters. The first-order valence-corrected chi connectivity index (χ1v) is 8.72. The number of fused-ring (bicyclic) bond motifs is 1. The third-order valence-electron chi connectivity index (χ3n) is 4.41. The van der Waals surface area contributed by atoms with Crippen molar-refractivity contribution in [1.82, 2.24) is 14.7 Å². The minimum Gasteiger partial charge on any atom is -0.444 e. The van der Waals surface area contributed by atoms with Crippen LogP contribution in [0.2, 0.25) is 0 Å². The van der Waals surface area contributed by atoms with Gasteiger partial charge in [-0.05, 0) is 45.4 Å². The molecule has 1 amide bonds. The Kier molecular flexibility index (Phi) is 5.13. The van der Waals surface area contributed by atoms with Gasteiger partial charge < -0.3 is 19.7 Å². The molecule has 0 spiro atoms. The normalized spacial score (nSPS) is 20.8. The second-order valence-corrected chi connectivity index (χ2v) is 7.66. The molecule has 2 aromatic rings. The first kappa shape index (κ1) is 19.6. The third kappa shape index (κ3) is 4.06. The van der Waals surface area contributed by atoms with Crippen LogP contribution in [0.25, 0.3) is 10.9 Å². The Balaban J connectivity index is 1.85. The van der Waals surface area contributed by atoms with Crippen molar-refractivity contribution in [3.05, 3.63) is 24.0 Å². The number of alkyl halides is 1. The maximum absolute atomic E-state index is 14.9. The van der Waals surface area contributed by atoms with Crippen LogP contribution >= 0.6 is 0 Å². The average molecular weight is 381 g/mol. The Morgan fingerprint density at radius 2 is 2.07 bits per heavy atom. The topological polar surface area (TPSA) is 87.8 Å². The van der Waals surface area contributed by atoms with E-state index in [0.717, 1.165) is 6.07 Å². The van der Waals surface area contributed by atoms with Crippen LogP contribution in [0.5, 0.6) is 0 Å². The van der Waals surface area contributed by atoms with Gasteiger partial charge in [0.2, 0.25) is 0 Å². The van der Waals surface area contributed by atoms with E-state index in [1.54, 1.807) is 20.8 Å². The lowest BCUT2D eigenvalue weighted by atomic mass is 9.84. The van der Waals surface area contributed by atoms with Crippen molar-refractivity contribution in [2.45, 2.75) is 45.0 Å². The summed E-state index contributed by atoms with van der Waals surface area (Å²) in [6.45, 7) is 5.31. The van der Waals surface area contributed by atoms with Crippen LogP contribution in [0.15, 0.2) is 18.2 Å². The molecule has 0 aliphatic carbocycles. The summed E-state index contributed by atoms with van der Waals surface area (Å²) in [6, 6.07) is 3.05. The summed E-state index contributed by atoms with van der Waals surface area (Å²) in [5.74, 6) is -0.555. The van der Waals surface area contributed by atoms with Crippen LogP contribution in [-0.4, -0.2) is 62.8 Å². The Morgan fingerprint density at radius 3 is 2.67 bits per heavy atom. The summed E-state index contributed by atoms with van der Waals surface area (Å²) in [4.78, 5) is 13.5. The number of rotatable bonds is 2. The maximum atomic E-state index is 14.9. The molecule has 1 aromatic carbocycles. The van der Waals surface area contributed by atoms with Crippen molar-refractivity contribution in [3.8, 4) is 0 Å². The first-order chi connectivity index (χ1) is 12.6. The highest BCUT2D eigenvalue weighted by atomic mass is 19.1. The summed E-state index contributed by atoms with van der Waals surface area (Å²) in [6.07, 6.45) is -1.76. The predicted octanol–water partition coefficient (Wildman–Crippen LogP) is 1.38. The molecule has 2 N–H and O–H groups in total. The zero-order valence-corrected chi connectivity index (χ0v) is 15.4. The largest absolute Gasteiger partial charge is 0.510 e. The number of nitrogens with zero attached hydrogens (tertiary/aromatic N) is 3. The van der Waals surface area contributed by atoms with Crippen molar-refractivity contribution in [2.24, 2.45) is 0 Å². The Morgan fingerprint density at radius 1 is 1.37 bits per heavy atom. The van der Waals surface area contributed by atoms with Gasteiger partial charge in [0, 0.05) is 11.9 Å². The highest BCUT2D eigenvalue weighted by Gasteiger charge is 2.36. The minimum absolute atomic E-state index is 0.133. The summed E-state index contributed by atoms with van der Waals surface area (Å²) in [7, 11) is -1.91. The maximum Gasteiger partial charge on any atom is 0.510 e. The first-order valence-electron chi connectivity index (χ1n) is 8.72. The summed E-state index contributed by atoms with van der Waals surface area (Å²) >= 11 is 0. The van der Waals surface area contributed by atoms with E-state index in [9.17, 15) is 23.6 Å². The number of carbonyl (C=O) groups excluding carboxylic acids is 1. The molecule has 1 fully saturated rings. The molecule has 0 unspecified atom stereocenters. The van der Waals surface area contributed by atoms with Gasteiger partial charge >= 0.3 is 13.2 Å². The van der Waals surface area contributed by atoms with Crippen molar-refractivity contribution in [2.75, 3.05) is 13.1 Å². The van der Waals surface area contributed by atoms with Crippen molar-refractivity contribution >= 4 is 29.7 Å². The van der Waals surface area contributed by atoms with Crippen molar-refractivity contribution in [1.29, 1.82) is 0 Å². The minimum atomic E-state index is -1.91. The van der Waals surface area contributed by atoms with Gasteiger partial charge in [-0.1, -0.05) is 0 Å². The van der Waals surface area contributed by atoms with Gasteiger partial charge in [-0.25, -0.2) is 13.6 Å². The third-order valence-corrected chi connectivity index (χ3v) is 4.41. The molecule has 3 rings (SSSR count). The smallest absolute Gasteiger partial charge is 0.444 e. The fraction of sp³-hybridized carbons (Fsp3) is 0.529. The van der Waals surface area contributed by atoms with Crippen LogP contribution < -0.4 is 5.59 Å². The van der Waals surface area contributed by atoms with E-state index in [0.29, 0.717) is 5.52 Å². The molecule has 1 aromatic heterocycles. The van der Waals surface area contributed by atoms with Gasteiger partial charge in [-0.15, -0.1) is 0 Å². The van der Waals surface area contributed by atoms with Crippen LogP contribution in [0.4, 0.5) is 13.6 Å². The predicted molar refractivity (Wildman–Crippen MR) is 95.9 cm³/mol. The second-order valence-electron chi connectivity index (χ2n) is 7.66. The van der Waals surface area contributed by atoms with Gasteiger partial charge in [0.25, 0.3) is 0 Å². The Labute approximate surface area is 155 Å². The van der Waals surface area contributed by atoms with Crippen LogP contribution in [0.1, 0.15) is 33.2 Å². The lowest BCUT2D eigenvalue weighted by Gasteiger charge is -2.35. The molecule has 146 valence electrons. The number of aromatic nitrogens is 2. The second kappa shape index (κ2) is 7.08. The fourth-order valence-electron chi connectivity index (χ4n) is 3.24. The SMILES string of the molecule is CC(C)(C)OC(=O)N1CC[C@H](n2nc(B(O)O)c3cc(F)ccc32)[C@H](F)C1. The van der Waals surface area contributed by atoms with Gasteiger partial charge in [-0.2, -0.15) is 5.10 Å². The van der Waals surface area contributed by atoms with E-state index in [-0.39, 0.29) is 30.5 Å². The molecule has 10 heteroatoms. The number of ether oxygens (including phenoxy) is 1. The standard InChI is InChI=1S/C17H22BF2N3O4/c1-17(2,3)27-16(24)22-7-6-14(12(20)9-22)23-13-5-4-10(19)8-11(13)15(21-23)18(25)26/h4-5,8,12,14,25-26H,6-7,9H2,1-3H3/t12-,14+/m1/s1. The van der Waals surface area contributed by atoms with Gasteiger partial charge in [0.05, 0.1) is 18.1 Å². The van der Waals surface area contributed by atoms with Gasteiger partial charge in [0.15, 0.2) is 0 Å². The van der Waals surface area contributed by atoms with E-state index in [2.05, 4.69) is 5.10 Å². The Bertz CT molecular complexity index is 853. The zero-order valence-electron chi connectivity index (χ0n) is 15.4. The Hall–Kier alpha value is -2.20. The summed E-state index contributed by atoms with van der Waals surface area (Å²) in [5, 5.41) is 23.3. The molecule has 7 nitrogen and oxygen atoms in total. The molecule has 0 bridgehead atoms. The molecule has 0 saturated carbocycles. The van der Waals surface area contributed by atoms with Gasteiger partial charge in [0.1, 0.15) is 23.2 Å². The number of carbonyl (C=O) groups is 1. The summed E-state index contributed by atoms with van der Waals surface area (Å²) < 4.78 is 35.1. The monoisotopic (exact) mass is 381 g/mol. The number of halogens is 2. The van der Waals surface area contributed by atoms with E-state index >= 15 is 0 Å². The number of hydrogen-bond acceptors (Lipinski definition) is 5. The van der Waals surface area contributed by atoms with Gasteiger partial charge in [-0.3, -0.25) is 4.68 Å². The lowest BCUT2D eigenvalue weighted by Crippen LogP contribution is -2.47. The molecular weight excluding hydrogens is 359 g/mol. The number of piperidine rings is 1. The van der Waals surface area contributed by atoms with Crippen molar-refractivity contribution < 1.29 is 28.4 Å². The van der Waals surface area contributed by atoms with Crippen LogP contribution in [-0.2, 0) is 4.74 Å². The number of amides is 1. The molecule has 27 heavy (non-hydrogen) atoms. The molecule has 1 aliphatic heterocycles. The number of likely N-dealkylation sites (tertiary alicyclic amines) is 1. The number of benzene rings is 1. The van der Waals surface area contributed by atoms with Crippen molar-refractivity contribution in [3.63, 3.8) is 0 Å². The van der Waals surface area contributed by atoms with E-state index in [1.807, 2.05) is 0 Å². The number of hydrogen-bond donors (Lipinski definition) is 2. The van der Waals surface area contributed by atoms with Crippen LogP contribution in [0, 0.1) is 5.82 Å². The quantitative estimate of drug-likeness (QED) is 0.768. The molecule has 0 radical (unpaired) electrons. The molecule has 2 heterocycles. The average Bonchev–Trinajstić information content (AvgIpc) is 2.91. The molecule has 1 aliphatic rings.